The molecule has 2 unspecified atom stereocenters. The number of benzene rings is 1. The maximum atomic E-state index is 13.0. The summed E-state index contributed by atoms with van der Waals surface area (Å²) < 4.78 is 40.7. The van der Waals surface area contributed by atoms with Crippen molar-refractivity contribution in [3.63, 3.8) is 0 Å². The largest absolute Gasteiger partial charge is 0.481 e. The molecule has 1 fully saturated rings. The number of fused-ring (bicyclic) bond motifs is 2. The predicted molar refractivity (Wildman–Crippen MR) is 106 cm³/mol. The van der Waals surface area contributed by atoms with Crippen LogP contribution in [0, 0.1) is 17.7 Å². The van der Waals surface area contributed by atoms with Gasteiger partial charge in [0.05, 0.1) is 5.75 Å². The quantitative estimate of drug-likeness (QED) is 0.457. The molecule has 1 saturated carbocycles. The topological polar surface area (TPSA) is 83.5 Å². The molecular weight excluding hydrogens is 381 g/mol. The zero-order chi connectivity index (χ0) is 20.1. The molecule has 2 atom stereocenters. The number of halogens is 1. The van der Waals surface area contributed by atoms with Crippen LogP contribution in [0.2, 0.25) is 0 Å². The first-order valence-electron chi connectivity index (χ1n) is 9.68. The SMILES string of the molecule is O=C(O)CCCC=CC1CC2CC(NS(=O)(=O)CCc3ccc(F)cc3)=C1C2. The Labute approximate surface area is 165 Å². The Hall–Kier alpha value is -2.15. The average Bonchev–Trinajstić information content (AvgIpc) is 3.20. The van der Waals surface area contributed by atoms with Crippen molar-refractivity contribution in [1.29, 1.82) is 0 Å². The van der Waals surface area contributed by atoms with Crippen LogP contribution >= 0.6 is 0 Å². The van der Waals surface area contributed by atoms with E-state index < -0.39 is 16.0 Å². The second kappa shape index (κ2) is 8.90. The molecule has 0 amide bonds. The fourth-order valence-corrected chi connectivity index (χ4v) is 5.24. The number of rotatable bonds is 10. The van der Waals surface area contributed by atoms with Gasteiger partial charge in [-0.05, 0) is 67.7 Å². The molecule has 0 heterocycles. The maximum absolute atomic E-state index is 13.0. The van der Waals surface area contributed by atoms with E-state index in [2.05, 4.69) is 10.8 Å². The van der Waals surface area contributed by atoms with E-state index >= 15 is 0 Å². The Kier molecular flexibility index (Phi) is 6.54. The van der Waals surface area contributed by atoms with Gasteiger partial charge in [-0.3, -0.25) is 9.52 Å². The Bertz CT molecular complexity index is 874. The Morgan fingerprint density at radius 2 is 2.00 bits per heavy atom. The first-order chi connectivity index (χ1) is 13.3. The highest BCUT2D eigenvalue weighted by Gasteiger charge is 2.37. The second-order valence-electron chi connectivity index (χ2n) is 7.63. The van der Waals surface area contributed by atoms with E-state index in [-0.39, 0.29) is 23.9 Å². The zero-order valence-electron chi connectivity index (χ0n) is 15.7. The number of carboxylic acids is 1. The summed E-state index contributed by atoms with van der Waals surface area (Å²) in [6.45, 7) is 0. The van der Waals surface area contributed by atoms with Crippen LogP contribution < -0.4 is 4.72 Å². The van der Waals surface area contributed by atoms with Crippen LogP contribution in [-0.2, 0) is 21.2 Å². The van der Waals surface area contributed by atoms with E-state index in [0.717, 1.165) is 36.9 Å². The third-order valence-corrected chi connectivity index (χ3v) is 6.70. The minimum atomic E-state index is -3.45. The van der Waals surface area contributed by atoms with Gasteiger partial charge in [0, 0.05) is 18.0 Å². The number of hydrogen-bond donors (Lipinski definition) is 2. The highest BCUT2D eigenvalue weighted by molar-refractivity contribution is 7.89. The van der Waals surface area contributed by atoms with Crippen LogP contribution in [0.3, 0.4) is 0 Å². The number of nitrogens with one attached hydrogen (secondary N) is 1. The van der Waals surface area contributed by atoms with Crippen molar-refractivity contribution in [2.24, 2.45) is 11.8 Å². The van der Waals surface area contributed by atoms with Gasteiger partial charge in [0.25, 0.3) is 0 Å². The lowest BCUT2D eigenvalue weighted by Gasteiger charge is -2.19. The number of allylic oxidation sites excluding steroid dienone is 4. The molecule has 28 heavy (non-hydrogen) atoms. The summed E-state index contributed by atoms with van der Waals surface area (Å²) in [5, 5.41) is 8.67. The maximum Gasteiger partial charge on any atom is 0.303 e. The molecule has 3 rings (SSSR count). The number of sulfonamides is 1. The Balaban J connectivity index is 1.55. The van der Waals surface area contributed by atoms with Gasteiger partial charge in [0.2, 0.25) is 10.0 Å². The average molecular weight is 408 g/mol. The van der Waals surface area contributed by atoms with Crippen molar-refractivity contribution in [3.05, 3.63) is 59.1 Å². The van der Waals surface area contributed by atoms with E-state index in [1.54, 1.807) is 12.1 Å². The summed E-state index contributed by atoms with van der Waals surface area (Å²) in [6.07, 6.45) is 8.70. The fourth-order valence-electron chi connectivity index (χ4n) is 4.04. The van der Waals surface area contributed by atoms with E-state index in [4.69, 9.17) is 5.11 Å². The highest BCUT2D eigenvalue weighted by Crippen LogP contribution is 2.47. The minimum Gasteiger partial charge on any atom is -0.481 e. The molecule has 1 aromatic carbocycles. The minimum absolute atomic E-state index is 0.0320. The number of aliphatic carboxylic acids is 1. The van der Waals surface area contributed by atoms with Crippen LogP contribution in [0.1, 0.15) is 44.1 Å². The summed E-state index contributed by atoms with van der Waals surface area (Å²) in [7, 11) is -3.45. The van der Waals surface area contributed by atoms with Gasteiger partial charge in [0.1, 0.15) is 5.82 Å². The van der Waals surface area contributed by atoms with Crippen molar-refractivity contribution < 1.29 is 22.7 Å². The molecule has 0 aliphatic heterocycles. The van der Waals surface area contributed by atoms with Gasteiger partial charge >= 0.3 is 5.97 Å². The Morgan fingerprint density at radius 3 is 2.68 bits per heavy atom. The second-order valence-corrected chi connectivity index (χ2v) is 9.47. The molecule has 0 aromatic heterocycles. The van der Waals surface area contributed by atoms with Crippen LogP contribution in [0.15, 0.2) is 47.7 Å². The van der Waals surface area contributed by atoms with Crippen LogP contribution in [0.4, 0.5) is 4.39 Å². The molecule has 1 aromatic rings. The number of aryl methyl sites for hydroxylation is 1. The molecule has 2 aliphatic carbocycles. The van der Waals surface area contributed by atoms with Crippen molar-refractivity contribution >= 4 is 16.0 Å². The number of hydrogen-bond acceptors (Lipinski definition) is 3. The van der Waals surface area contributed by atoms with Crippen molar-refractivity contribution in [1.82, 2.24) is 4.72 Å². The fraction of sp³-hybridized carbons (Fsp3) is 0.476. The zero-order valence-corrected chi connectivity index (χ0v) is 16.6. The van der Waals surface area contributed by atoms with E-state index in [0.29, 0.717) is 18.8 Å². The standard InChI is InChI=1S/C21H26FNO4S/c22-18-8-6-15(7-9-18)10-11-28(26,27)23-20-14-16-12-17(19(20)13-16)4-2-1-3-5-21(24)25/h2,4,6-9,16-17,23H,1,3,5,10-14H2,(H,24,25). The van der Waals surface area contributed by atoms with Crippen LogP contribution in [-0.4, -0.2) is 25.2 Å². The van der Waals surface area contributed by atoms with Gasteiger partial charge in [-0.15, -0.1) is 0 Å². The van der Waals surface area contributed by atoms with Gasteiger partial charge in [-0.1, -0.05) is 24.3 Å². The smallest absolute Gasteiger partial charge is 0.303 e. The van der Waals surface area contributed by atoms with Crippen molar-refractivity contribution in [3.8, 4) is 0 Å². The molecule has 2 aliphatic rings. The summed E-state index contributed by atoms with van der Waals surface area (Å²) in [5.74, 6) is -0.415. The molecule has 2 N–H and O–H groups in total. The molecule has 0 radical (unpaired) electrons. The van der Waals surface area contributed by atoms with Gasteiger partial charge in [-0.25, -0.2) is 12.8 Å². The van der Waals surface area contributed by atoms with Crippen molar-refractivity contribution in [2.45, 2.75) is 44.9 Å². The summed E-state index contributed by atoms with van der Waals surface area (Å²) in [5.41, 5.74) is 2.79. The lowest BCUT2D eigenvalue weighted by Crippen LogP contribution is -2.28. The first kappa shape index (κ1) is 20.6. The summed E-state index contributed by atoms with van der Waals surface area (Å²) in [4.78, 5) is 10.5. The first-order valence-corrected chi connectivity index (χ1v) is 11.3. The van der Waals surface area contributed by atoms with Gasteiger partial charge in [0.15, 0.2) is 0 Å². The number of unbranched alkanes of at least 4 members (excludes halogenated alkanes) is 1. The number of carboxylic acid groups (broad SMARTS) is 1. The third kappa shape index (κ3) is 5.67. The van der Waals surface area contributed by atoms with E-state index in [1.807, 2.05) is 6.08 Å². The molecule has 0 saturated heterocycles. The lowest BCUT2D eigenvalue weighted by atomic mass is 9.93. The third-order valence-electron chi connectivity index (χ3n) is 5.41. The van der Waals surface area contributed by atoms with Crippen LogP contribution in [0.5, 0.6) is 0 Å². The summed E-state index contributed by atoms with van der Waals surface area (Å²) in [6, 6.07) is 5.89. The molecular formula is C21H26FNO4S. The lowest BCUT2D eigenvalue weighted by molar-refractivity contribution is -0.137. The normalized spacial score (nSPS) is 21.6. The van der Waals surface area contributed by atoms with Crippen LogP contribution in [0.25, 0.3) is 0 Å². The monoisotopic (exact) mass is 407 g/mol. The molecule has 152 valence electrons. The van der Waals surface area contributed by atoms with E-state index in [1.165, 1.54) is 17.7 Å². The molecule has 0 spiro atoms. The highest BCUT2D eigenvalue weighted by atomic mass is 32.2. The van der Waals surface area contributed by atoms with Gasteiger partial charge < -0.3 is 5.11 Å². The summed E-state index contributed by atoms with van der Waals surface area (Å²) >= 11 is 0. The van der Waals surface area contributed by atoms with Gasteiger partial charge in [-0.2, -0.15) is 0 Å². The number of carbonyl (C=O) groups is 1. The molecule has 7 heteroatoms. The molecule has 2 bridgehead atoms. The van der Waals surface area contributed by atoms with E-state index in [9.17, 15) is 17.6 Å². The predicted octanol–water partition coefficient (Wildman–Crippen LogP) is 3.78. The molecule has 5 nitrogen and oxygen atoms in total. The van der Waals surface area contributed by atoms with Crippen molar-refractivity contribution in [2.75, 3.05) is 5.75 Å². The Morgan fingerprint density at radius 1 is 1.25 bits per heavy atom.